The number of anilines is 6. The molecule has 0 N–H and O–H groups in total. The fraction of sp³-hybridized carbons (Fsp3) is 0.245. The molecule has 58 heavy (non-hydrogen) atoms. The minimum atomic E-state index is -0.255. The topological polar surface area (TPSA) is 37.2 Å². The lowest BCUT2D eigenvalue weighted by molar-refractivity contribution is 0.562. The summed E-state index contributed by atoms with van der Waals surface area (Å²) in [5, 5.41) is 2.36. The van der Waals surface area contributed by atoms with Gasteiger partial charge in [0.1, 0.15) is 11.5 Å². The van der Waals surface area contributed by atoms with E-state index in [9.17, 15) is 0 Å². The second-order valence-electron chi connectivity index (χ2n) is 19.2. The van der Waals surface area contributed by atoms with Gasteiger partial charge in [0, 0.05) is 56.3 Å². The smallest absolute Gasteiger partial charge is 0.145 e. The Morgan fingerprint density at radius 1 is 0.466 bits per heavy atom. The maximum atomic E-state index is 5.19. The SMILES string of the molecule is CC(C)(C)c1cc2c3c(c1)C(C)(C)c1cccnc1N3c1cc(N3c4ccccc4C(C)(C)c4ccc(-n5c6ccccc6c6cccnc65)cc43)ccc1C2(C)C. The van der Waals surface area contributed by atoms with E-state index in [0.717, 1.165) is 33.7 Å². The number of para-hydroxylation sites is 2. The predicted molar refractivity (Wildman–Crippen MR) is 241 cm³/mol. The molecule has 0 spiro atoms. The number of rotatable bonds is 2. The predicted octanol–water partition coefficient (Wildman–Crippen LogP) is 13.7. The van der Waals surface area contributed by atoms with Crippen LogP contribution in [0.2, 0.25) is 0 Å². The van der Waals surface area contributed by atoms with Gasteiger partial charge in [-0.3, -0.25) is 9.47 Å². The van der Waals surface area contributed by atoms with Gasteiger partial charge in [-0.25, -0.2) is 9.97 Å². The molecule has 0 aliphatic carbocycles. The van der Waals surface area contributed by atoms with Crippen molar-refractivity contribution in [3.63, 3.8) is 0 Å². The van der Waals surface area contributed by atoms with Gasteiger partial charge in [0.15, 0.2) is 0 Å². The van der Waals surface area contributed by atoms with Crippen molar-refractivity contribution in [2.24, 2.45) is 0 Å². The number of fused-ring (bicyclic) bond motifs is 9. The van der Waals surface area contributed by atoms with Crippen molar-refractivity contribution in [1.29, 1.82) is 0 Å². The highest BCUT2D eigenvalue weighted by atomic mass is 15.2. The Hall–Kier alpha value is -6.20. The molecule has 3 aliphatic rings. The Morgan fingerprint density at radius 2 is 1.02 bits per heavy atom. The molecule has 0 amide bonds. The summed E-state index contributed by atoms with van der Waals surface area (Å²) in [7, 11) is 0. The third-order valence-corrected chi connectivity index (χ3v) is 13.8. The molecule has 0 unspecified atom stereocenters. The van der Waals surface area contributed by atoms with Gasteiger partial charge in [0.2, 0.25) is 0 Å². The van der Waals surface area contributed by atoms with Crippen LogP contribution in [0.15, 0.2) is 134 Å². The van der Waals surface area contributed by atoms with Crippen molar-refractivity contribution in [1.82, 2.24) is 14.5 Å². The molecule has 5 heteroatoms. The molecular weight excluding hydrogens is 707 g/mol. The maximum absolute atomic E-state index is 5.19. The lowest BCUT2D eigenvalue weighted by Gasteiger charge is -2.50. The summed E-state index contributed by atoms with van der Waals surface area (Å²) in [6, 6.07) is 45.4. The number of nitrogens with zero attached hydrogens (tertiary/aromatic N) is 5. The van der Waals surface area contributed by atoms with Crippen molar-refractivity contribution in [3.8, 4) is 5.69 Å². The Morgan fingerprint density at radius 3 is 1.78 bits per heavy atom. The highest BCUT2D eigenvalue weighted by molar-refractivity contribution is 6.08. The lowest BCUT2D eigenvalue weighted by atomic mass is 9.65. The van der Waals surface area contributed by atoms with E-state index in [4.69, 9.17) is 9.97 Å². The van der Waals surface area contributed by atoms with Crippen molar-refractivity contribution in [3.05, 3.63) is 173 Å². The maximum Gasteiger partial charge on any atom is 0.145 e. The average molecular weight is 756 g/mol. The normalized spacial score (nSPS) is 16.7. The molecule has 8 aromatic rings. The van der Waals surface area contributed by atoms with Gasteiger partial charge in [-0.15, -0.1) is 0 Å². The van der Waals surface area contributed by atoms with Crippen LogP contribution in [0, 0.1) is 0 Å². The number of aromatic nitrogens is 3. The molecule has 11 rings (SSSR count). The van der Waals surface area contributed by atoms with E-state index < -0.39 is 0 Å². The molecule has 286 valence electrons. The molecule has 3 aliphatic heterocycles. The van der Waals surface area contributed by atoms with Crippen molar-refractivity contribution >= 4 is 56.2 Å². The average Bonchev–Trinajstić information content (AvgIpc) is 3.54. The number of hydrogen-bond acceptors (Lipinski definition) is 4. The summed E-state index contributed by atoms with van der Waals surface area (Å²) >= 11 is 0. The van der Waals surface area contributed by atoms with Crippen molar-refractivity contribution in [2.75, 3.05) is 9.80 Å². The van der Waals surface area contributed by atoms with E-state index in [1.807, 2.05) is 18.5 Å². The minimum absolute atomic E-state index is 0.00116. The van der Waals surface area contributed by atoms with Crippen LogP contribution in [-0.2, 0) is 21.7 Å². The largest absolute Gasteiger partial charge is 0.310 e. The first-order valence-electron chi connectivity index (χ1n) is 20.7. The molecule has 0 radical (unpaired) electrons. The van der Waals surface area contributed by atoms with E-state index in [1.54, 1.807) is 0 Å². The Balaban J connectivity index is 1.18. The molecule has 0 fully saturated rings. The quantitative estimate of drug-likeness (QED) is 0.176. The minimum Gasteiger partial charge on any atom is -0.310 e. The van der Waals surface area contributed by atoms with Crippen molar-refractivity contribution in [2.45, 2.75) is 84.0 Å². The number of pyridine rings is 2. The third-order valence-electron chi connectivity index (χ3n) is 13.8. The molecule has 0 saturated carbocycles. The first kappa shape index (κ1) is 35.0. The second-order valence-corrected chi connectivity index (χ2v) is 19.2. The molecule has 0 bridgehead atoms. The highest BCUT2D eigenvalue weighted by Crippen LogP contribution is 2.61. The highest BCUT2D eigenvalue weighted by Gasteiger charge is 2.47. The summed E-state index contributed by atoms with van der Waals surface area (Å²) in [6.45, 7) is 21.3. The van der Waals surface area contributed by atoms with Crippen LogP contribution in [0.5, 0.6) is 0 Å². The molecular formula is C53H49N5. The van der Waals surface area contributed by atoms with Gasteiger partial charge >= 0.3 is 0 Å². The monoisotopic (exact) mass is 755 g/mol. The van der Waals surface area contributed by atoms with Gasteiger partial charge in [-0.1, -0.05) is 129 Å². The summed E-state index contributed by atoms with van der Waals surface area (Å²) < 4.78 is 2.33. The van der Waals surface area contributed by atoms with Crippen LogP contribution in [-0.4, -0.2) is 14.5 Å². The third kappa shape index (κ3) is 4.53. The van der Waals surface area contributed by atoms with E-state index in [2.05, 4.69) is 192 Å². The van der Waals surface area contributed by atoms with E-state index in [-0.39, 0.29) is 21.7 Å². The molecule has 0 saturated heterocycles. The van der Waals surface area contributed by atoms with Crippen LogP contribution in [0.4, 0.5) is 34.3 Å². The van der Waals surface area contributed by atoms with Gasteiger partial charge < -0.3 is 4.90 Å². The molecule has 5 nitrogen and oxygen atoms in total. The number of hydrogen-bond donors (Lipinski definition) is 0. The Labute approximate surface area is 341 Å². The van der Waals surface area contributed by atoms with Crippen LogP contribution in [0.3, 0.4) is 0 Å². The fourth-order valence-electron chi connectivity index (χ4n) is 10.5. The zero-order valence-corrected chi connectivity index (χ0v) is 34.9. The van der Waals surface area contributed by atoms with Gasteiger partial charge in [0.05, 0.1) is 28.3 Å². The lowest BCUT2D eigenvalue weighted by Crippen LogP contribution is -2.39. The zero-order valence-electron chi connectivity index (χ0n) is 34.9. The van der Waals surface area contributed by atoms with E-state index in [0.29, 0.717) is 0 Å². The van der Waals surface area contributed by atoms with Crippen LogP contribution in [0.25, 0.3) is 27.6 Å². The first-order valence-corrected chi connectivity index (χ1v) is 20.7. The zero-order chi connectivity index (χ0) is 40.1. The Kier molecular flexibility index (Phi) is 6.92. The van der Waals surface area contributed by atoms with Crippen LogP contribution >= 0.6 is 0 Å². The second kappa shape index (κ2) is 11.5. The van der Waals surface area contributed by atoms with Gasteiger partial charge in [0.25, 0.3) is 0 Å². The van der Waals surface area contributed by atoms with Gasteiger partial charge in [-0.2, -0.15) is 0 Å². The summed E-state index contributed by atoms with van der Waals surface area (Å²) in [6.07, 6.45) is 3.86. The summed E-state index contributed by atoms with van der Waals surface area (Å²) in [5.74, 6) is 1.01. The molecule has 5 aromatic carbocycles. The van der Waals surface area contributed by atoms with E-state index >= 15 is 0 Å². The van der Waals surface area contributed by atoms with Gasteiger partial charge in [-0.05, 0) is 93.4 Å². The summed E-state index contributed by atoms with van der Waals surface area (Å²) in [5.41, 5.74) is 17.7. The molecule has 6 heterocycles. The van der Waals surface area contributed by atoms with Crippen LogP contribution < -0.4 is 9.80 Å². The number of benzene rings is 5. The Bertz CT molecular complexity index is 2970. The van der Waals surface area contributed by atoms with Crippen LogP contribution in [0.1, 0.15) is 101 Å². The standard InChI is InChI=1S/C53H49N5/c1-50(2,3)32-28-41-47-42(29-32)53(8,9)40-19-15-27-55-49(40)58(47)46-30-33(22-24-39(46)52(41,6)7)56-44-21-13-11-18-37(44)51(4,5)38-25-23-34(31-45(38)56)57-43-20-12-10-16-35(43)36-17-14-26-54-48(36)57/h10-31H,1-9H3. The molecule has 0 atom stereocenters. The molecule has 3 aromatic heterocycles. The fourth-order valence-corrected chi connectivity index (χ4v) is 10.5. The first-order chi connectivity index (χ1) is 27.7. The van der Waals surface area contributed by atoms with E-state index in [1.165, 1.54) is 67.1 Å². The van der Waals surface area contributed by atoms with Crippen molar-refractivity contribution < 1.29 is 0 Å². The summed E-state index contributed by atoms with van der Waals surface area (Å²) in [4.78, 5) is 15.1.